The second kappa shape index (κ2) is 11.7. The minimum Gasteiger partial charge on any atom is -0.487 e. The molecule has 10 nitrogen and oxygen atoms in total. The molecule has 0 amide bonds. The molecule has 0 N–H and O–H groups in total. The maximum Gasteiger partial charge on any atom is 0.258 e. The van der Waals surface area contributed by atoms with E-state index in [9.17, 15) is 4.79 Å². The van der Waals surface area contributed by atoms with Gasteiger partial charge in [0.1, 0.15) is 18.1 Å². The van der Waals surface area contributed by atoms with Gasteiger partial charge in [0.15, 0.2) is 18.9 Å². The molecule has 3 aromatic heterocycles. The minimum absolute atomic E-state index is 0.0767. The SMILES string of the molecule is CC(=O)CCc1nc(-c2cccc(-c3noc(-c4ccc(OCC[n+]5ccc(N(C)C)cc5)cc4)n3)c2)no1. The van der Waals surface area contributed by atoms with E-state index in [4.69, 9.17) is 13.8 Å². The highest BCUT2D eigenvalue weighted by molar-refractivity contribution is 5.75. The molecule has 0 radical (unpaired) electrons. The third-order valence-electron chi connectivity index (χ3n) is 6.07. The Morgan fingerprint density at radius 1 is 0.897 bits per heavy atom. The summed E-state index contributed by atoms with van der Waals surface area (Å²) >= 11 is 0. The van der Waals surface area contributed by atoms with Crippen molar-refractivity contribution in [2.75, 3.05) is 25.6 Å². The smallest absolute Gasteiger partial charge is 0.258 e. The molecular formula is C29H29N6O4+. The molecule has 0 bridgehead atoms. The lowest BCUT2D eigenvalue weighted by Crippen LogP contribution is -2.35. The predicted molar refractivity (Wildman–Crippen MR) is 144 cm³/mol. The molecule has 0 saturated carbocycles. The van der Waals surface area contributed by atoms with Gasteiger partial charge in [-0.25, -0.2) is 4.57 Å². The number of ether oxygens (including phenoxy) is 1. The third-order valence-corrected chi connectivity index (χ3v) is 6.07. The van der Waals surface area contributed by atoms with Crippen LogP contribution in [0.2, 0.25) is 0 Å². The predicted octanol–water partition coefficient (Wildman–Crippen LogP) is 4.41. The number of ketones is 1. The highest BCUT2D eigenvalue weighted by Gasteiger charge is 2.14. The second-order valence-corrected chi connectivity index (χ2v) is 9.28. The molecule has 0 atom stereocenters. The quantitative estimate of drug-likeness (QED) is 0.232. The van der Waals surface area contributed by atoms with Gasteiger partial charge in [0.25, 0.3) is 5.89 Å². The lowest BCUT2D eigenvalue weighted by molar-refractivity contribution is -0.697. The average Bonchev–Trinajstić information content (AvgIpc) is 3.63. The number of hydrogen-bond acceptors (Lipinski definition) is 9. The van der Waals surface area contributed by atoms with Gasteiger partial charge in [-0.3, -0.25) is 0 Å². The Morgan fingerprint density at radius 3 is 2.28 bits per heavy atom. The molecule has 0 unspecified atom stereocenters. The van der Waals surface area contributed by atoms with Gasteiger partial charge in [-0.1, -0.05) is 28.5 Å². The van der Waals surface area contributed by atoms with Crippen molar-refractivity contribution in [3.05, 3.63) is 78.9 Å². The number of anilines is 1. The summed E-state index contributed by atoms with van der Waals surface area (Å²) in [7, 11) is 4.04. The van der Waals surface area contributed by atoms with Crippen LogP contribution in [0, 0.1) is 0 Å². The van der Waals surface area contributed by atoms with E-state index in [1.54, 1.807) is 0 Å². The van der Waals surface area contributed by atoms with Gasteiger partial charge < -0.3 is 23.5 Å². The third kappa shape index (κ3) is 6.53. The van der Waals surface area contributed by atoms with Gasteiger partial charge in [0, 0.05) is 61.4 Å². The monoisotopic (exact) mass is 525 g/mol. The zero-order valence-corrected chi connectivity index (χ0v) is 22.1. The molecule has 5 aromatic rings. The van der Waals surface area contributed by atoms with Gasteiger partial charge in [0.2, 0.25) is 17.5 Å². The fourth-order valence-corrected chi connectivity index (χ4v) is 3.87. The summed E-state index contributed by atoms with van der Waals surface area (Å²) in [4.78, 5) is 22.2. The van der Waals surface area contributed by atoms with E-state index in [0.29, 0.717) is 42.9 Å². The zero-order valence-electron chi connectivity index (χ0n) is 22.1. The Kier molecular flexibility index (Phi) is 7.72. The van der Waals surface area contributed by atoms with Crippen molar-refractivity contribution < 1.29 is 23.1 Å². The van der Waals surface area contributed by atoms with Crippen LogP contribution in [0.5, 0.6) is 5.75 Å². The number of aryl methyl sites for hydroxylation is 1. The molecule has 0 fully saturated rings. The van der Waals surface area contributed by atoms with E-state index in [-0.39, 0.29) is 5.78 Å². The van der Waals surface area contributed by atoms with E-state index in [0.717, 1.165) is 34.7 Å². The number of benzene rings is 2. The van der Waals surface area contributed by atoms with Crippen LogP contribution in [0.3, 0.4) is 0 Å². The van der Waals surface area contributed by atoms with E-state index in [1.807, 2.05) is 75.0 Å². The van der Waals surface area contributed by atoms with Crippen molar-refractivity contribution in [1.29, 1.82) is 0 Å². The first-order chi connectivity index (χ1) is 18.9. The van der Waals surface area contributed by atoms with Crippen molar-refractivity contribution in [2.45, 2.75) is 26.3 Å². The zero-order chi connectivity index (χ0) is 27.2. The van der Waals surface area contributed by atoms with Crippen LogP contribution in [-0.4, -0.2) is 46.8 Å². The molecule has 39 heavy (non-hydrogen) atoms. The lowest BCUT2D eigenvalue weighted by Gasteiger charge is -2.10. The Balaban J connectivity index is 1.20. The van der Waals surface area contributed by atoms with Crippen molar-refractivity contribution in [2.24, 2.45) is 0 Å². The van der Waals surface area contributed by atoms with Gasteiger partial charge in [-0.2, -0.15) is 9.97 Å². The van der Waals surface area contributed by atoms with Gasteiger partial charge in [-0.15, -0.1) is 0 Å². The number of hydrogen-bond donors (Lipinski definition) is 0. The largest absolute Gasteiger partial charge is 0.487 e. The molecule has 0 aliphatic heterocycles. The molecule has 10 heteroatoms. The van der Waals surface area contributed by atoms with Crippen LogP contribution in [-0.2, 0) is 17.8 Å². The fraction of sp³-hybridized carbons (Fsp3) is 0.241. The first-order valence-corrected chi connectivity index (χ1v) is 12.6. The maximum atomic E-state index is 11.2. The molecule has 198 valence electrons. The first-order valence-electron chi connectivity index (χ1n) is 12.6. The summed E-state index contributed by atoms with van der Waals surface area (Å²) in [5.41, 5.74) is 3.46. The molecular weight excluding hydrogens is 496 g/mol. The van der Waals surface area contributed by atoms with E-state index >= 15 is 0 Å². The topological polar surface area (TPSA) is 111 Å². The number of carbonyl (C=O) groups is 1. The summed E-state index contributed by atoms with van der Waals surface area (Å²) < 4.78 is 18.8. The molecule has 0 saturated heterocycles. The fourth-order valence-electron chi connectivity index (χ4n) is 3.87. The number of carbonyl (C=O) groups excluding carboxylic acids is 1. The average molecular weight is 526 g/mol. The van der Waals surface area contributed by atoms with E-state index in [1.165, 1.54) is 6.92 Å². The van der Waals surface area contributed by atoms with Crippen molar-refractivity contribution in [3.63, 3.8) is 0 Å². The summed E-state index contributed by atoms with van der Waals surface area (Å²) in [6, 6.07) is 19.2. The molecule has 5 rings (SSSR count). The summed E-state index contributed by atoms with van der Waals surface area (Å²) in [6.45, 7) is 2.82. The first kappa shape index (κ1) is 25.8. The van der Waals surface area contributed by atoms with Crippen LogP contribution in [0.25, 0.3) is 34.2 Å². The summed E-state index contributed by atoms with van der Waals surface area (Å²) in [5.74, 6) is 2.57. The van der Waals surface area contributed by atoms with E-state index < -0.39 is 0 Å². The highest BCUT2D eigenvalue weighted by Crippen LogP contribution is 2.27. The standard InChI is InChI=1S/C29H29N6O4/c1-20(36)7-12-26-30-27(32-38-26)22-5-4-6-23(19-22)28-31-29(39-33-28)21-8-10-25(11-9-21)37-18-17-35-15-13-24(14-16-35)34(2)3/h4-6,8-11,13-16,19H,7,12,17-18H2,1-3H3/q+1. The van der Waals surface area contributed by atoms with Crippen molar-refractivity contribution in [3.8, 4) is 40.0 Å². The Morgan fingerprint density at radius 2 is 1.59 bits per heavy atom. The number of aromatic nitrogens is 5. The van der Waals surface area contributed by atoms with Gasteiger partial charge in [-0.05, 0) is 37.3 Å². The number of nitrogens with zero attached hydrogens (tertiary/aromatic N) is 6. The second-order valence-electron chi connectivity index (χ2n) is 9.28. The molecule has 3 heterocycles. The van der Waals surface area contributed by atoms with Crippen LogP contribution in [0.4, 0.5) is 5.69 Å². The van der Waals surface area contributed by atoms with Crippen molar-refractivity contribution in [1.82, 2.24) is 20.3 Å². The Hall–Kier alpha value is -4.86. The lowest BCUT2D eigenvalue weighted by atomic mass is 10.1. The molecule has 2 aromatic carbocycles. The highest BCUT2D eigenvalue weighted by atomic mass is 16.5. The van der Waals surface area contributed by atoms with Gasteiger partial charge in [0.05, 0.1) is 0 Å². The normalized spacial score (nSPS) is 10.9. The number of rotatable bonds is 11. The van der Waals surface area contributed by atoms with Crippen LogP contribution >= 0.6 is 0 Å². The van der Waals surface area contributed by atoms with Crippen LogP contribution in [0.15, 0.2) is 82.1 Å². The van der Waals surface area contributed by atoms with Crippen LogP contribution in [0.1, 0.15) is 19.2 Å². The summed E-state index contributed by atoms with van der Waals surface area (Å²) in [6.07, 6.45) is 4.87. The maximum absolute atomic E-state index is 11.2. The number of pyridine rings is 1. The van der Waals surface area contributed by atoms with Gasteiger partial charge >= 0.3 is 0 Å². The molecule has 0 aliphatic carbocycles. The van der Waals surface area contributed by atoms with E-state index in [2.05, 4.69) is 41.9 Å². The number of Topliss-reactive ketones (excluding diaryl/α,β-unsaturated/α-hetero) is 1. The Bertz CT molecular complexity index is 1540. The van der Waals surface area contributed by atoms with Crippen molar-refractivity contribution >= 4 is 11.5 Å². The molecule has 0 spiro atoms. The molecule has 0 aliphatic rings. The van der Waals surface area contributed by atoms with Crippen LogP contribution < -0.4 is 14.2 Å². The summed E-state index contributed by atoms with van der Waals surface area (Å²) in [5, 5.41) is 8.18. The Labute approximate surface area is 225 Å². The minimum atomic E-state index is 0.0767.